The quantitative estimate of drug-likeness (QED) is 0.509. The van der Waals surface area contributed by atoms with Gasteiger partial charge >= 0.3 is 11.9 Å². The van der Waals surface area contributed by atoms with Crippen molar-refractivity contribution >= 4 is 63.9 Å². The van der Waals surface area contributed by atoms with Gasteiger partial charge < -0.3 is 15.2 Å². The largest absolute Gasteiger partial charge is 0.466 e. The van der Waals surface area contributed by atoms with Crippen LogP contribution in [-0.4, -0.2) is 30.2 Å². The molecule has 1 aromatic heterocycles. The molecular formula is C25H20Cl2N2O5S. The molecule has 4 rings (SSSR count). The predicted molar refractivity (Wildman–Crippen MR) is 137 cm³/mol. The first-order valence-corrected chi connectivity index (χ1v) is 12.1. The average Bonchev–Trinajstić information content (AvgIpc) is 3.16. The number of methoxy groups -OCH3 is 1. The summed E-state index contributed by atoms with van der Waals surface area (Å²) in [5.74, 6) is -2.48. The van der Waals surface area contributed by atoms with Crippen LogP contribution in [0.1, 0.15) is 24.0 Å². The van der Waals surface area contributed by atoms with E-state index in [4.69, 9.17) is 38.4 Å². The normalized spacial score (nSPS) is 15.7. The fraction of sp³-hybridized carbons (Fsp3) is 0.160. The molecule has 0 amide bonds. The van der Waals surface area contributed by atoms with Gasteiger partial charge in [-0.1, -0.05) is 47.5 Å². The Bertz CT molecular complexity index is 1520. The van der Waals surface area contributed by atoms with Crippen LogP contribution >= 0.6 is 34.5 Å². The number of nitrogens with zero attached hydrogens (tertiary/aromatic N) is 1. The zero-order valence-corrected chi connectivity index (χ0v) is 21.0. The third kappa shape index (κ3) is 4.65. The smallest absolute Gasteiger partial charge is 0.338 e. The summed E-state index contributed by atoms with van der Waals surface area (Å²) in [5.41, 5.74) is 7.33. The van der Waals surface area contributed by atoms with Crippen molar-refractivity contribution in [3.05, 3.63) is 94.8 Å². The number of rotatable bonds is 5. The molecule has 2 N–H and O–H groups in total. The first kappa shape index (κ1) is 24.8. The van der Waals surface area contributed by atoms with Crippen molar-refractivity contribution in [2.45, 2.75) is 12.8 Å². The van der Waals surface area contributed by atoms with E-state index in [-0.39, 0.29) is 28.2 Å². The van der Waals surface area contributed by atoms with Gasteiger partial charge in [-0.3, -0.25) is 9.36 Å². The van der Waals surface area contributed by atoms with E-state index in [1.165, 1.54) is 7.11 Å². The summed E-state index contributed by atoms with van der Waals surface area (Å²) >= 11 is 13.1. The van der Waals surface area contributed by atoms with E-state index in [0.29, 0.717) is 20.1 Å². The number of carbonyl (C=O) groups is 2. The van der Waals surface area contributed by atoms with Crippen molar-refractivity contribution in [3.63, 3.8) is 0 Å². The van der Waals surface area contributed by atoms with Crippen LogP contribution in [0.2, 0.25) is 10.0 Å². The van der Waals surface area contributed by atoms with Gasteiger partial charge in [-0.2, -0.15) is 0 Å². The van der Waals surface area contributed by atoms with Crippen molar-refractivity contribution < 1.29 is 19.1 Å². The Kier molecular flexibility index (Phi) is 7.16. The number of nitrogens with two attached hydrogens (primary N) is 1. The summed E-state index contributed by atoms with van der Waals surface area (Å²) < 4.78 is 12.1. The molecule has 0 fully saturated rings. The standard InChI is InChI=1S/C25H20Cl2N2O5S/c1-3-34-25(32)19-18(14-6-10-16(27)11-7-14)20(24(31)33-2)23-29(21(19)28)22(30)17(35-23)12-13-4-8-15(26)9-5-13/h4-12,18H,3,28H2,1-2H3/t18-/m1/s1. The summed E-state index contributed by atoms with van der Waals surface area (Å²) in [7, 11) is 1.23. The van der Waals surface area contributed by atoms with E-state index >= 15 is 0 Å². The Morgan fingerprint density at radius 3 is 2.20 bits per heavy atom. The lowest BCUT2D eigenvalue weighted by Gasteiger charge is -2.26. The second-order valence-electron chi connectivity index (χ2n) is 7.52. The van der Waals surface area contributed by atoms with E-state index < -0.39 is 23.4 Å². The van der Waals surface area contributed by atoms with Crippen LogP contribution in [0.5, 0.6) is 0 Å². The Morgan fingerprint density at radius 1 is 1.03 bits per heavy atom. The second-order valence-corrected chi connectivity index (χ2v) is 9.42. The molecule has 1 atom stereocenters. The Morgan fingerprint density at radius 2 is 1.63 bits per heavy atom. The monoisotopic (exact) mass is 530 g/mol. The summed E-state index contributed by atoms with van der Waals surface area (Å²) in [6.07, 6.45) is 1.66. The molecule has 2 heterocycles. The van der Waals surface area contributed by atoms with Crippen LogP contribution in [0, 0.1) is 0 Å². The number of benzene rings is 2. The van der Waals surface area contributed by atoms with Crippen LogP contribution < -0.4 is 20.5 Å². The first-order chi connectivity index (χ1) is 16.8. The van der Waals surface area contributed by atoms with Crippen LogP contribution in [0.15, 0.2) is 58.9 Å². The molecule has 2 aromatic carbocycles. The van der Waals surface area contributed by atoms with Gasteiger partial charge in [0.05, 0.1) is 35.3 Å². The maximum absolute atomic E-state index is 13.4. The average molecular weight is 531 g/mol. The van der Waals surface area contributed by atoms with Crippen molar-refractivity contribution in [2.75, 3.05) is 13.7 Å². The SMILES string of the molecule is CCOC(=O)C1=C(N)n2c(sc(=Cc3ccc(Cl)cc3)c2=O)=C(C(=O)OC)[C@@H]1c1ccc(Cl)cc1. The molecule has 0 radical (unpaired) electrons. The number of halogens is 2. The van der Waals surface area contributed by atoms with Crippen molar-refractivity contribution in [3.8, 4) is 0 Å². The van der Waals surface area contributed by atoms with E-state index in [1.807, 2.05) is 0 Å². The molecule has 1 aliphatic rings. The summed E-state index contributed by atoms with van der Waals surface area (Å²) in [4.78, 5) is 39.6. The van der Waals surface area contributed by atoms with Crippen LogP contribution in [0.25, 0.3) is 17.5 Å². The first-order valence-electron chi connectivity index (χ1n) is 10.5. The molecule has 180 valence electrons. The molecule has 0 spiro atoms. The Balaban J connectivity index is 2.10. The minimum absolute atomic E-state index is 0.0278. The summed E-state index contributed by atoms with van der Waals surface area (Å²) in [6, 6.07) is 13.6. The molecule has 0 saturated heterocycles. The highest BCUT2D eigenvalue weighted by Gasteiger charge is 2.39. The van der Waals surface area contributed by atoms with Crippen LogP contribution in [0.3, 0.4) is 0 Å². The number of aromatic nitrogens is 1. The fourth-order valence-corrected chi connectivity index (χ4v) is 5.28. The highest BCUT2D eigenvalue weighted by Crippen LogP contribution is 2.38. The van der Waals surface area contributed by atoms with Gasteiger partial charge in [0, 0.05) is 10.0 Å². The van der Waals surface area contributed by atoms with Crippen molar-refractivity contribution in [2.24, 2.45) is 5.73 Å². The molecule has 0 saturated carbocycles. The molecule has 0 unspecified atom stereocenters. The fourth-order valence-electron chi connectivity index (χ4n) is 3.86. The zero-order chi connectivity index (χ0) is 25.3. The molecule has 3 aromatic rings. The number of hydrogen-bond donors (Lipinski definition) is 1. The predicted octanol–water partition coefficient (Wildman–Crippen LogP) is 2.86. The lowest BCUT2D eigenvalue weighted by atomic mass is 9.83. The van der Waals surface area contributed by atoms with Crippen LogP contribution in [-0.2, 0) is 19.1 Å². The van der Waals surface area contributed by atoms with Gasteiger partial charge in [0.1, 0.15) is 10.5 Å². The maximum Gasteiger partial charge on any atom is 0.338 e. The van der Waals surface area contributed by atoms with Gasteiger partial charge in [-0.05, 0) is 48.4 Å². The molecule has 0 bridgehead atoms. The van der Waals surface area contributed by atoms with Gasteiger partial charge in [-0.25, -0.2) is 9.59 Å². The number of ether oxygens (including phenoxy) is 2. The van der Waals surface area contributed by atoms with Gasteiger partial charge in [0.15, 0.2) is 0 Å². The topological polar surface area (TPSA) is 101 Å². The van der Waals surface area contributed by atoms with E-state index in [1.54, 1.807) is 61.5 Å². The van der Waals surface area contributed by atoms with E-state index in [2.05, 4.69) is 0 Å². The van der Waals surface area contributed by atoms with Crippen LogP contribution in [0.4, 0.5) is 0 Å². The third-order valence-corrected chi connectivity index (χ3v) is 7.03. The molecule has 0 aliphatic carbocycles. The van der Waals surface area contributed by atoms with Crippen molar-refractivity contribution in [1.29, 1.82) is 0 Å². The number of fused-ring (bicyclic) bond motifs is 1. The Labute approximate surface area is 214 Å². The third-order valence-electron chi connectivity index (χ3n) is 5.42. The van der Waals surface area contributed by atoms with Crippen molar-refractivity contribution in [1.82, 2.24) is 4.57 Å². The van der Waals surface area contributed by atoms with Gasteiger partial charge in [0.25, 0.3) is 5.56 Å². The molecular weight excluding hydrogens is 511 g/mol. The maximum atomic E-state index is 13.4. The molecule has 35 heavy (non-hydrogen) atoms. The van der Waals surface area contributed by atoms with Gasteiger partial charge in [-0.15, -0.1) is 11.3 Å². The Hall–Kier alpha value is -3.33. The highest BCUT2D eigenvalue weighted by atomic mass is 35.5. The summed E-state index contributed by atoms with van der Waals surface area (Å²) in [5, 5.41) is 1.04. The zero-order valence-electron chi connectivity index (χ0n) is 18.7. The highest BCUT2D eigenvalue weighted by molar-refractivity contribution is 7.07. The molecule has 7 nitrogen and oxygen atoms in total. The molecule has 1 aliphatic heterocycles. The minimum atomic E-state index is -0.930. The lowest BCUT2D eigenvalue weighted by molar-refractivity contribution is -0.138. The number of hydrogen-bond acceptors (Lipinski definition) is 7. The number of esters is 2. The lowest BCUT2D eigenvalue weighted by Crippen LogP contribution is -2.41. The minimum Gasteiger partial charge on any atom is -0.466 e. The van der Waals surface area contributed by atoms with E-state index in [9.17, 15) is 14.4 Å². The number of thiazole rings is 1. The molecule has 10 heteroatoms. The number of carbonyl (C=O) groups excluding carboxylic acids is 2. The second kappa shape index (κ2) is 10.1. The summed E-state index contributed by atoms with van der Waals surface area (Å²) in [6.45, 7) is 1.73. The van der Waals surface area contributed by atoms with Gasteiger partial charge in [0.2, 0.25) is 0 Å². The van der Waals surface area contributed by atoms with E-state index in [0.717, 1.165) is 21.5 Å².